The summed E-state index contributed by atoms with van der Waals surface area (Å²) in [6, 6.07) is 15.3. The summed E-state index contributed by atoms with van der Waals surface area (Å²) in [6.45, 7) is 1.78. The number of benzene rings is 2. The van der Waals surface area contributed by atoms with E-state index in [-0.39, 0.29) is 11.7 Å². The molecule has 0 radical (unpaired) electrons. The van der Waals surface area contributed by atoms with E-state index in [4.69, 9.17) is 5.84 Å². The highest BCUT2D eigenvalue weighted by Crippen LogP contribution is 2.26. The number of aromatic nitrogens is 3. The van der Waals surface area contributed by atoms with Gasteiger partial charge in [-0.05, 0) is 31.2 Å². The number of carbonyl (C=O) groups excluding carboxylic acids is 1. The van der Waals surface area contributed by atoms with Gasteiger partial charge in [-0.1, -0.05) is 42.1 Å². The number of rotatable bonds is 5. The number of para-hydroxylation sites is 1. The van der Waals surface area contributed by atoms with Gasteiger partial charge in [0.1, 0.15) is 5.82 Å². The van der Waals surface area contributed by atoms with Crippen molar-refractivity contribution in [2.75, 3.05) is 17.8 Å². The summed E-state index contributed by atoms with van der Waals surface area (Å²) in [5.74, 6) is 5.91. The third-order valence-electron chi connectivity index (χ3n) is 3.85. The Labute approximate surface area is 154 Å². The third kappa shape index (κ3) is 3.70. The zero-order valence-electron chi connectivity index (χ0n) is 14.3. The van der Waals surface area contributed by atoms with E-state index in [1.807, 2.05) is 30.3 Å². The molecule has 0 aliphatic carbocycles. The molecule has 1 atom stereocenters. The first-order valence-electron chi connectivity index (χ1n) is 7.93. The molecule has 6 nitrogen and oxygen atoms in total. The van der Waals surface area contributed by atoms with Crippen LogP contribution in [0.1, 0.15) is 6.92 Å². The lowest BCUT2D eigenvalue weighted by Crippen LogP contribution is -2.33. The van der Waals surface area contributed by atoms with Crippen molar-refractivity contribution in [2.45, 2.75) is 17.3 Å². The Bertz CT molecular complexity index is 915. The van der Waals surface area contributed by atoms with E-state index in [1.54, 1.807) is 31.0 Å². The first kappa shape index (κ1) is 17.9. The minimum Gasteiger partial charge on any atom is -0.335 e. The third-order valence-corrected chi connectivity index (χ3v) is 4.90. The summed E-state index contributed by atoms with van der Waals surface area (Å²) >= 11 is 1.20. The van der Waals surface area contributed by atoms with E-state index in [9.17, 15) is 9.18 Å². The van der Waals surface area contributed by atoms with Gasteiger partial charge in [-0.2, -0.15) is 0 Å². The lowest BCUT2D eigenvalue weighted by Gasteiger charge is -2.20. The van der Waals surface area contributed by atoms with Gasteiger partial charge in [-0.3, -0.25) is 4.79 Å². The van der Waals surface area contributed by atoms with Gasteiger partial charge < -0.3 is 10.7 Å². The smallest absolute Gasteiger partial charge is 0.240 e. The highest BCUT2D eigenvalue weighted by molar-refractivity contribution is 8.00. The summed E-state index contributed by atoms with van der Waals surface area (Å²) in [6.07, 6.45) is 0. The summed E-state index contributed by atoms with van der Waals surface area (Å²) in [5, 5.41) is 8.01. The van der Waals surface area contributed by atoms with E-state index < -0.39 is 5.25 Å². The second-order valence-corrected chi connectivity index (χ2v) is 6.99. The zero-order valence-corrected chi connectivity index (χ0v) is 15.2. The molecular formula is C18H18FN5OS. The maximum atomic E-state index is 13.4. The van der Waals surface area contributed by atoms with Crippen molar-refractivity contribution < 1.29 is 9.18 Å². The molecule has 8 heteroatoms. The average Bonchev–Trinajstić information content (AvgIpc) is 3.01. The first-order chi connectivity index (χ1) is 12.5. The number of nitrogen functional groups attached to an aromatic ring is 1. The molecule has 0 saturated carbocycles. The van der Waals surface area contributed by atoms with E-state index in [2.05, 4.69) is 10.2 Å². The number of thioether (sulfide) groups is 1. The van der Waals surface area contributed by atoms with Gasteiger partial charge >= 0.3 is 0 Å². The standard InChI is InChI=1S/C18H18FN5OS/c1-12(17(25)23(2)15-9-4-3-5-10-15)26-18-22-21-16(24(18)20)13-7-6-8-14(19)11-13/h3-12H,20H2,1-2H3. The molecule has 1 aromatic heterocycles. The molecule has 0 fully saturated rings. The molecule has 0 spiro atoms. The molecule has 1 heterocycles. The van der Waals surface area contributed by atoms with Crippen molar-refractivity contribution in [1.29, 1.82) is 0 Å². The predicted octanol–water partition coefficient (Wildman–Crippen LogP) is 2.94. The predicted molar refractivity (Wildman–Crippen MR) is 101 cm³/mol. The molecule has 3 rings (SSSR count). The van der Waals surface area contributed by atoms with Gasteiger partial charge in [0.15, 0.2) is 5.82 Å². The van der Waals surface area contributed by atoms with Gasteiger partial charge in [0.25, 0.3) is 0 Å². The largest absolute Gasteiger partial charge is 0.335 e. The molecule has 3 aromatic rings. The van der Waals surface area contributed by atoms with Crippen LogP contribution in [-0.2, 0) is 4.79 Å². The van der Waals surface area contributed by atoms with Crippen LogP contribution in [0.2, 0.25) is 0 Å². The fourth-order valence-electron chi connectivity index (χ4n) is 2.44. The van der Waals surface area contributed by atoms with Crippen molar-refractivity contribution >= 4 is 23.4 Å². The fraction of sp³-hybridized carbons (Fsp3) is 0.167. The Kier molecular flexibility index (Phi) is 5.22. The van der Waals surface area contributed by atoms with Crippen molar-refractivity contribution in [3.63, 3.8) is 0 Å². The van der Waals surface area contributed by atoms with Gasteiger partial charge in [0.2, 0.25) is 11.1 Å². The quantitative estimate of drug-likeness (QED) is 0.551. The Hall–Kier alpha value is -2.87. The average molecular weight is 371 g/mol. The summed E-state index contributed by atoms with van der Waals surface area (Å²) in [7, 11) is 1.72. The second-order valence-electron chi connectivity index (χ2n) is 5.68. The number of halogens is 1. The van der Waals surface area contributed by atoms with Crippen molar-refractivity contribution in [2.24, 2.45) is 0 Å². The fourth-order valence-corrected chi connectivity index (χ4v) is 3.31. The monoisotopic (exact) mass is 371 g/mol. The molecule has 1 unspecified atom stereocenters. The number of hydrogen-bond donors (Lipinski definition) is 1. The maximum absolute atomic E-state index is 13.4. The van der Waals surface area contributed by atoms with E-state index in [0.717, 1.165) is 5.69 Å². The summed E-state index contributed by atoms with van der Waals surface area (Å²) < 4.78 is 14.7. The lowest BCUT2D eigenvalue weighted by molar-refractivity contribution is -0.117. The number of carbonyl (C=O) groups is 1. The topological polar surface area (TPSA) is 77.0 Å². The summed E-state index contributed by atoms with van der Waals surface area (Å²) in [4.78, 5) is 14.2. The van der Waals surface area contributed by atoms with Crippen LogP contribution in [0, 0.1) is 5.82 Å². The highest BCUT2D eigenvalue weighted by Gasteiger charge is 2.23. The molecule has 2 N–H and O–H groups in total. The Morgan fingerprint density at radius 3 is 2.62 bits per heavy atom. The van der Waals surface area contributed by atoms with Crippen molar-refractivity contribution in [3.8, 4) is 11.4 Å². The summed E-state index contributed by atoms with van der Waals surface area (Å²) in [5.41, 5.74) is 1.33. The Morgan fingerprint density at radius 2 is 1.92 bits per heavy atom. The number of amides is 1. The minimum absolute atomic E-state index is 0.0866. The van der Waals surface area contributed by atoms with Crippen LogP contribution in [0.25, 0.3) is 11.4 Å². The van der Waals surface area contributed by atoms with Gasteiger partial charge in [0.05, 0.1) is 5.25 Å². The zero-order chi connectivity index (χ0) is 18.7. The second kappa shape index (κ2) is 7.57. The Morgan fingerprint density at radius 1 is 1.19 bits per heavy atom. The van der Waals surface area contributed by atoms with Crippen LogP contribution in [0.15, 0.2) is 59.8 Å². The van der Waals surface area contributed by atoms with Crippen LogP contribution in [0.3, 0.4) is 0 Å². The highest BCUT2D eigenvalue weighted by atomic mass is 32.2. The van der Waals surface area contributed by atoms with Gasteiger partial charge in [-0.15, -0.1) is 10.2 Å². The number of nitrogens with two attached hydrogens (primary N) is 1. The molecule has 0 bridgehead atoms. The van der Waals surface area contributed by atoms with Crippen LogP contribution in [-0.4, -0.2) is 33.1 Å². The number of hydrogen-bond acceptors (Lipinski definition) is 5. The van der Waals surface area contributed by atoms with Crippen LogP contribution in [0.4, 0.5) is 10.1 Å². The van der Waals surface area contributed by atoms with Crippen LogP contribution < -0.4 is 10.7 Å². The van der Waals surface area contributed by atoms with Crippen LogP contribution in [0.5, 0.6) is 0 Å². The molecule has 0 aliphatic heterocycles. The van der Waals surface area contributed by atoms with E-state index in [1.165, 1.54) is 28.6 Å². The number of anilines is 1. The van der Waals surface area contributed by atoms with Crippen molar-refractivity contribution in [1.82, 2.24) is 14.9 Å². The van der Waals surface area contributed by atoms with Gasteiger partial charge in [-0.25, -0.2) is 9.07 Å². The van der Waals surface area contributed by atoms with Crippen LogP contribution >= 0.6 is 11.8 Å². The first-order valence-corrected chi connectivity index (χ1v) is 8.81. The lowest BCUT2D eigenvalue weighted by atomic mass is 10.2. The van der Waals surface area contributed by atoms with Crippen molar-refractivity contribution in [3.05, 3.63) is 60.4 Å². The molecular weight excluding hydrogens is 353 g/mol. The maximum Gasteiger partial charge on any atom is 0.240 e. The molecule has 2 aromatic carbocycles. The van der Waals surface area contributed by atoms with Gasteiger partial charge in [0, 0.05) is 18.3 Å². The minimum atomic E-state index is -0.424. The normalized spacial score (nSPS) is 12.0. The molecule has 134 valence electrons. The van der Waals surface area contributed by atoms with E-state index >= 15 is 0 Å². The Balaban J connectivity index is 1.76. The number of nitrogens with zero attached hydrogens (tertiary/aromatic N) is 4. The molecule has 1 amide bonds. The molecule has 26 heavy (non-hydrogen) atoms. The molecule has 0 aliphatic rings. The SMILES string of the molecule is CC(Sc1nnc(-c2cccc(F)c2)n1N)C(=O)N(C)c1ccccc1. The van der Waals surface area contributed by atoms with E-state index in [0.29, 0.717) is 16.5 Å². The molecule has 0 saturated heterocycles.